The van der Waals surface area contributed by atoms with Crippen molar-refractivity contribution in [1.29, 1.82) is 0 Å². The Balaban J connectivity index is 1.90. The highest BCUT2D eigenvalue weighted by Gasteiger charge is 2.46. The number of carbonyl (C=O) groups is 3. The summed E-state index contributed by atoms with van der Waals surface area (Å²) in [6.45, 7) is 9.76. The van der Waals surface area contributed by atoms with Crippen LogP contribution in [0.1, 0.15) is 46.5 Å². The summed E-state index contributed by atoms with van der Waals surface area (Å²) in [6.07, 6.45) is 3.98. The molecule has 3 rings (SSSR count). The summed E-state index contributed by atoms with van der Waals surface area (Å²) in [5.74, 6) is -1.50. The minimum absolute atomic E-state index is 0.217. The fourth-order valence-electron chi connectivity index (χ4n) is 3.74. The van der Waals surface area contributed by atoms with Gasteiger partial charge in [0.1, 0.15) is 18.3 Å². The molecular weight excluding hydrogens is 348 g/mol. The molecule has 2 heterocycles. The molecule has 1 saturated heterocycles. The van der Waals surface area contributed by atoms with Crippen molar-refractivity contribution in [3.63, 3.8) is 0 Å². The highest BCUT2D eigenvalue weighted by atomic mass is 16.6. The minimum Gasteiger partial charge on any atom is -0.458 e. The molecule has 0 saturated carbocycles. The van der Waals surface area contributed by atoms with Crippen molar-refractivity contribution in [2.75, 3.05) is 0 Å². The first-order valence-electron chi connectivity index (χ1n) is 9.46. The van der Waals surface area contributed by atoms with E-state index < -0.39 is 24.1 Å². The third kappa shape index (κ3) is 4.15. The third-order valence-corrected chi connectivity index (χ3v) is 5.46. The summed E-state index contributed by atoms with van der Waals surface area (Å²) in [7, 11) is 0. The Morgan fingerprint density at radius 1 is 1.26 bits per heavy atom. The van der Waals surface area contributed by atoms with Crippen molar-refractivity contribution in [2.45, 2.75) is 64.8 Å². The van der Waals surface area contributed by atoms with Crippen LogP contribution in [0.2, 0.25) is 0 Å². The van der Waals surface area contributed by atoms with Gasteiger partial charge in [-0.25, -0.2) is 9.59 Å². The van der Waals surface area contributed by atoms with Crippen molar-refractivity contribution in [2.24, 2.45) is 11.8 Å². The molecule has 0 N–H and O–H groups in total. The van der Waals surface area contributed by atoms with Gasteiger partial charge in [-0.2, -0.15) is 0 Å². The molecular formula is C21H26O6. The summed E-state index contributed by atoms with van der Waals surface area (Å²) >= 11 is 0. The summed E-state index contributed by atoms with van der Waals surface area (Å²) in [4.78, 5) is 36.7. The zero-order valence-corrected chi connectivity index (χ0v) is 16.0. The zero-order chi connectivity index (χ0) is 19.7. The smallest absolute Gasteiger partial charge is 0.334 e. The number of hydrogen-bond acceptors (Lipinski definition) is 6. The zero-order valence-electron chi connectivity index (χ0n) is 16.0. The first-order valence-corrected chi connectivity index (χ1v) is 9.46. The summed E-state index contributed by atoms with van der Waals surface area (Å²) < 4.78 is 16.6. The molecule has 146 valence electrons. The largest absolute Gasteiger partial charge is 0.458 e. The van der Waals surface area contributed by atoms with Crippen LogP contribution in [0, 0.1) is 11.8 Å². The minimum atomic E-state index is -0.654. The average molecular weight is 374 g/mol. The van der Waals surface area contributed by atoms with Crippen LogP contribution in [-0.4, -0.2) is 36.2 Å². The molecule has 1 fully saturated rings. The summed E-state index contributed by atoms with van der Waals surface area (Å²) in [5, 5.41) is 0. The van der Waals surface area contributed by atoms with Crippen molar-refractivity contribution in [3.8, 4) is 0 Å². The van der Waals surface area contributed by atoms with Crippen LogP contribution in [0.25, 0.3) is 0 Å². The molecule has 27 heavy (non-hydrogen) atoms. The van der Waals surface area contributed by atoms with Gasteiger partial charge in [-0.3, -0.25) is 4.79 Å². The van der Waals surface area contributed by atoms with Crippen molar-refractivity contribution >= 4 is 17.9 Å². The monoisotopic (exact) mass is 374 g/mol. The van der Waals surface area contributed by atoms with E-state index in [2.05, 4.69) is 6.58 Å². The number of rotatable bonds is 4. The Hall–Kier alpha value is -2.37. The first-order chi connectivity index (χ1) is 12.8. The Bertz CT molecular complexity index is 731. The van der Waals surface area contributed by atoms with Crippen LogP contribution in [0.3, 0.4) is 0 Å². The Kier molecular flexibility index (Phi) is 5.53. The highest BCUT2D eigenvalue weighted by Crippen LogP contribution is 2.38. The normalized spacial score (nSPS) is 33.2. The van der Waals surface area contributed by atoms with E-state index in [-0.39, 0.29) is 36.0 Å². The predicted octanol–water partition coefficient (Wildman–Crippen LogP) is 3.02. The van der Waals surface area contributed by atoms with Crippen molar-refractivity contribution in [3.05, 3.63) is 35.5 Å². The van der Waals surface area contributed by atoms with Crippen LogP contribution < -0.4 is 0 Å². The molecule has 1 aliphatic carbocycles. The van der Waals surface area contributed by atoms with E-state index in [0.29, 0.717) is 18.4 Å². The topological polar surface area (TPSA) is 78.9 Å². The maximum atomic E-state index is 12.4. The lowest BCUT2D eigenvalue weighted by Crippen LogP contribution is -2.33. The maximum absolute atomic E-state index is 12.4. The molecule has 0 aromatic heterocycles. The Morgan fingerprint density at radius 3 is 2.70 bits per heavy atom. The molecule has 0 amide bonds. The van der Waals surface area contributed by atoms with Crippen LogP contribution in [-0.2, 0) is 28.6 Å². The third-order valence-electron chi connectivity index (χ3n) is 5.46. The molecule has 0 aromatic rings. The molecule has 2 aliphatic heterocycles. The van der Waals surface area contributed by atoms with E-state index in [4.69, 9.17) is 14.2 Å². The van der Waals surface area contributed by atoms with Gasteiger partial charge in [0, 0.05) is 30.4 Å². The summed E-state index contributed by atoms with van der Waals surface area (Å²) in [6, 6.07) is 0. The molecule has 3 unspecified atom stereocenters. The lowest BCUT2D eigenvalue weighted by Gasteiger charge is -2.26. The van der Waals surface area contributed by atoms with Gasteiger partial charge in [-0.1, -0.05) is 32.4 Å². The lowest BCUT2D eigenvalue weighted by molar-refractivity contribution is -0.151. The van der Waals surface area contributed by atoms with E-state index in [9.17, 15) is 14.4 Å². The van der Waals surface area contributed by atoms with Gasteiger partial charge in [0.05, 0.1) is 5.92 Å². The molecule has 2 bridgehead atoms. The molecule has 3 aliphatic rings. The maximum Gasteiger partial charge on any atom is 0.334 e. The molecule has 5 atom stereocenters. The molecule has 6 nitrogen and oxygen atoms in total. The highest BCUT2D eigenvalue weighted by molar-refractivity contribution is 5.93. The number of ether oxygens (including phenoxy) is 3. The van der Waals surface area contributed by atoms with Crippen LogP contribution in [0.5, 0.6) is 0 Å². The average Bonchev–Trinajstić information content (AvgIpc) is 3.05. The second-order valence-electron chi connectivity index (χ2n) is 7.72. The molecule has 0 radical (unpaired) electrons. The van der Waals surface area contributed by atoms with Gasteiger partial charge in [0.2, 0.25) is 0 Å². The van der Waals surface area contributed by atoms with E-state index in [0.717, 1.165) is 12.0 Å². The molecule has 0 spiro atoms. The Labute approximate surface area is 159 Å². The van der Waals surface area contributed by atoms with Gasteiger partial charge in [0.25, 0.3) is 0 Å². The quantitative estimate of drug-likeness (QED) is 0.326. The van der Waals surface area contributed by atoms with E-state index in [1.165, 1.54) is 0 Å². The van der Waals surface area contributed by atoms with Crippen LogP contribution in [0.15, 0.2) is 35.5 Å². The van der Waals surface area contributed by atoms with Crippen molar-refractivity contribution < 1.29 is 28.6 Å². The molecule has 6 heteroatoms. The Morgan fingerprint density at radius 2 is 2.00 bits per heavy atom. The SMILES string of the molecule is C=C1C(=O)OC2CC3=C[C@@H](C/C(C)=C/C(OC(=O)CC(C)CC)[C@H]12)OC3=O. The second kappa shape index (κ2) is 7.71. The lowest BCUT2D eigenvalue weighted by atomic mass is 9.85. The number of esters is 3. The fourth-order valence-corrected chi connectivity index (χ4v) is 3.74. The number of carbonyl (C=O) groups excluding carboxylic acids is 3. The standard InChI is InChI=1S/C21H26O6/c1-5-11(2)8-18(22)26-16-7-12(3)6-15-9-14(21(24)25-15)10-17-19(16)13(4)20(23)27-17/h7,9,11,15-17,19H,4-6,8,10H2,1-3H3/b12-7+/t11?,15-,16?,17?,19+/m1/s1. The van der Waals surface area contributed by atoms with Gasteiger partial charge in [-0.05, 0) is 25.0 Å². The fraction of sp³-hybridized carbons (Fsp3) is 0.571. The second-order valence-corrected chi connectivity index (χ2v) is 7.72. The van der Waals surface area contributed by atoms with E-state index in [1.54, 1.807) is 6.08 Å². The van der Waals surface area contributed by atoms with Gasteiger partial charge in [-0.15, -0.1) is 0 Å². The first kappa shape index (κ1) is 19.4. The van der Waals surface area contributed by atoms with E-state index in [1.807, 2.05) is 26.8 Å². The van der Waals surface area contributed by atoms with Crippen LogP contribution >= 0.6 is 0 Å². The van der Waals surface area contributed by atoms with Crippen molar-refractivity contribution in [1.82, 2.24) is 0 Å². The van der Waals surface area contributed by atoms with Gasteiger partial charge >= 0.3 is 17.9 Å². The predicted molar refractivity (Wildman–Crippen MR) is 97.4 cm³/mol. The van der Waals surface area contributed by atoms with Gasteiger partial charge < -0.3 is 14.2 Å². The summed E-state index contributed by atoms with van der Waals surface area (Å²) in [5.41, 5.74) is 1.69. The number of fused-ring (bicyclic) bond motifs is 2. The molecule has 0 aromatic carbocycles. The number of hydrogen-bond donors (Lipinski definition) is 0. The van der Waals surface area contributed by atoms with Gasteiger partial charge in [0.15, 0.2) is 0 Å². The van der Waals surface area contributed by atoms with E-state index >= 15 is 0 Å². The van der Waals surface area contributed by atoms with Crippen LogP contribution in [0.4, 0.5) is 0 Å².